The topological polar surface area (TPSA) is 137 Å². The molecule has 7 nitrogen and oxygen atoms in total. The first kappa shape index (κ1) is 8.38. The maximum Gasteiger partial charge on any atom is 0.446 e. The molecule has 0 unspecified atom stereocenters. The van der Waals surface area contributed by atoms with Crippen LogP contribution in [0.15, 0.2) is 0 Å². The first-order valence-electron chi connectivity index (χ1n) is 1.80. The highest BCUT2D eigenvalue weighted by atomic mass is 31.2. The Bertz CT molecular complexity index is 161. The highest BCUT2D eigenvalue weighted by Gasteiger charge is 2.22. The van der Waals surface area contributed by atoms with Crippen LogP contribution in [0.4, 0.5) is 0 Å². The summed E-state index contributed by atoms with van der Waals surface area (Å²) in [5.41, 5.74) is 4.61. The molecule has 0 atom stereocenters. The molecule has 9 heavy (non-hydrogen) atoms. The van der Waals surface area contributed by atoms with Crippen molar-refractivity contribution in [1.82, 2.24) is 4.78 Å². The molecule has 0 saturated heterocycles. The van der Waals surface area contributed by atoms with E-state index in [4.69, 9.17) is 15.2 Å². The van der Waals surface area contributed by atoms with Crippen molar-refractivity contribution in [2.24, 2.45) is 11.6 Å². The van der Waals surface area contributed by atoms with Gasteiger partial charge >= 0.3 is 7.75 Å². The fourth-order valence-corrected chi connectivity index (χ4v) is 0.421. The van der Waals surface area contributed by atoms with Crippen molar-refractivity contribution in [2.45, 2.75) is 0 Å². The Hall–Kier alpha value is -0.620. The van der Waals surface area contributed by atoms with Gasteiger partial charge < -0.3 is 15.5 Å². The zero-order valence-corrected chi connectivity index (χ0v) is 5.25. The van der Waals surface area contributed by atoms with Crippen LogP contribution >= 0.6 is 7.75 Å². The smallest absolute Gasteiger partial charge is 0.368 e. The fourth-order valence-electron chi connectivity index (χ4n) is 0.140. The second-order valence-corrected chi connectivity index (χ2v) is 2.70. The van der Waals surface area contributed by atoms with Crippen LogP contribution in [0.3, 0.4) is 0 Å². The van der Waals surface area contributed by atoms with Crippen LogP contribution in [-0.4, -0.2) is 20.5 Å². The van der Waals surface area contributed by atoms with Gasteiger partial charge in [0, 0.05) is 0 Å². The van der Waals surface area contributed by atoms with E-state index >= 15 is 0 Å². The lowest BCUT2D eigenvalue weighted by Crippen LogP contribution is -2.38. The molecule has 0 rings (SSSR count). The van der Waals surface area contributed by atoms with Crippen LogP contribution in [-0.2, 0) is 4.57 Å². The number of hydrogen-bond donors (Lipinski definition) is 5. The van der Waals surface area contributed by atoms with Gasteiger partial charge in [0.05, 0.1) is 0 Å². The number of guanidine groups is 1. The zero-order valence-electron chi connectivity index (χ0n) is 4.35. The summed E-state index contributed by atoms with van der Waals surface area (Å²) in [4.78, 5) is 16.3. The van der Waals surface area contributed by atoms with Gasteiger partial charge in [-0.25, -0.2) is 10.4 Å². The minimum atomic E-state index is -4.55. The summed E-state index contributed by atoms with van der Waals surface area (Å²) in [6.07, 6.45) is 0. The minimum Gasteiger partial charge on any atom is -0.368 e. The third kappa shape index (κ3) is 2.43. The summed E-state index contributed by atoms with van der Waals surface area (Å²) >= 11 is 0. The van der Waals surface area contributed by atoms with Gasteiger partial charge in [-0.2, -0.15) is 4.78 Å². The lowest BCUT2D eigenvalue weighted by Gasteiger charge is -2.15. The standard InChI is InChI=1S/CH7N4O3P/c2-1(3)5(4)9(6,7)8/h4H2,(H3,2,3)(H2,6,7,8). The fraction of sp³-hybridized carbons (Fsp3) is 0. The van der Waals surface area contributed by atoms with Gasteiger partial charge in [0.2, 0.25) is 5.96 Å². The molecule has 0 aliphatic rings. The van der Waals surface area contributed by atoms with Gasteiger partial charge in [0.1, 0.15) is 0 Å². The van der Waals surface area contributed by atoms with Crippen LogP contribution in [0.5, 0.6) is 0 Å². The van der Waals surface area contributed by atoms with Crippen LogP contribution in [0.1, 0.15) is 0 Å². The highest BCUT2D eigenvalue weighted by Crippen LogP contribution is 2.35. The van der Waals surface area contributed by atoms with Gasteiger partial charge in [-0.05, 0) is 0 Å². The Morgan fingerprint density at radius 1 is 1.67 bits per heavy atom. The molecule has 0 aromatic rings. The summed E-state index contributed by atoms with van der Waals surface area (Å²) in [5, 5.41) is 6.44. The van der Waals surface area contributed by atoms with Crippen LogP contribution in [0, 0.1) is 5.41 Å². The first-order valence-corrected chi connectivity index (χ1v) is 3.37. The summed E-state index contributed by atoms with van der Waals surface area (Å²) in [6.45, 7) is 0. The molecule has 0 aliphatic carbocycles. The van der Waals surface area contributed by atoms with Crippen LogP contribution in [0.2, 0.25) is 0 Å². The number of rotatable bonds is 1. The Labute approximate surface area is 50.9 Å². The minimum absolute atomic E-state index is 0.118. The van der Waals surface area contributed by atoms with Gasteiger partial charge in [-0.15, -0.1) is 0 Å². The Kier molecular flexibility index (Phi) is 2.16. The van der Waals surface area contributed by atoms with E-state index in [9.17, 15) is 4.57 Å². The number of hydrogen-bond acceptors (Lipinski definition) is 3. The summed E-state index contributed by atoms with van der Waals surface area (Å²) in [7, 11) is -4.55. The predicted molar refractivity (Wildman–Crippen MR) is 30.0 cm³/mol. The average molecular weight is 154 g/mol. The van der Waals surface area contributed by atoms with Crippen molar-refractivity contribution < 1.29 is 14.4 Å². The second-order valence-electron chi connectivity index (χ2n) is 1.24. The summed E-state index contributed by atoms with van der Waals surface area (Å²) in [5.74, 6) is 3.74. The highest BCUT2D eigenvalue weighted by molar-refractivity contribution is 7.49. The molecule has 8 heteroatoms. The molecule has 0 aromatic carbocycles. The molecule has 0 radical (unpaired) electrons. The van der Waals surface area contributed by atoms with E-state index in [-0.39, 0.29) is 4.78 Å². The zero-order chi connectivity index (χ0) is 7.65. The molecular formula is CH7N4O3P. The molecule has 0 spiro atoms. The van der Waals surface area contributed by atoms with Crippen molar-refractivity contribution in [3.05, 3.63) is 0 Å². The van der Waals surface area contributed by atoms with Gasteiger partial charge in [-0.3, -0.25) is 5.41 Å². The van der Waals surface area contributed by atoms with Crippen molar-refractivity contribution >= 4 is 13.7 Å². The Morgan fingerprint density at radius 2 is 2.00 bits per heavy atom. The summed E-state index contributed by atoms with van der Waals surface area (Å²) < 4.78 is 9.93. The lowest BCUT2D eigenvalue weighted by molar-refractivity contribution is 0.317. The molecule has 54 valence electrons. The normalized spacial score (nSPS) is 11.0. The van der Waals surface area contributed by atoms with Gasteiger partial charge in [-0.1, -0.05) is 0 Å². The molecule has 0 heterocycles. The largest absolute Gasteiger partial charge is 0.446 e. The quantitative estimate of drug-likeness (QED) is 0.0987. The molecule has 7 N–H and O–H groups in total. The summed E-state index contributed by atoms with van der Waals surface area (Å²) in [6, 6.07) is 0. The lowest BCUT2D eigenvalue weighted by atomic mass is 11.1. The van der Waals surface area contributed by atoms with Gasteiger partial charge in [0.25, 0.3) is 0 Å². The molecule has 0 aromatic heterocycles. The maximum absolute atomic E-state index is 10.0. The van der Waals surface area contributed by atoms with E-state index in [1.165, 1.54) is 0 Å². The van der Waals surface area contributed by atoms with E-state index in [1.54, 1.807) is 0 Å². The number of hydrazine groups is 1. The van der Waals surface area contributed by atoms with Crippen molar-refractivity contribution in [1.29, 1.82) is 5.41 Å². The van der Waals surface area contributed by atoms with E-state index < -0.39 is 13.7 Å². The molecule has 0 fully saturated rings. The number of nitrogens with two attached hydrogens (primary N) is 2. The van der Waals surface area contributed by atoms with E-state index in [0.29, 0.717) is 0 Å². The molecule has 0 amide bonds. The number of nitrogens with zero attached hydrogens (tertiary/aromatic N) is 1. The Balaban J connectivity index is 4.23. The average Bonchev–Trinajstić information content (AvgIpc) is 1.62. The molecule has 0 saturated carbocycles. The van der Waals surface area contributed by atoms with Crippen LogP contribution in [0.25, 0.3) is 0 Å². The predicted octanol–water partition coefficient (Wildman–Crippen LogP) is -1.85. The van der Waals surface area contributed by atoms with Crippen LogP contribution < -0.4 is 11.6 Å². The third-order valence-electron chi connectivity index (χ3n) is 0.528. The monoisotopic (exact) mass is 154 g/mol. The van der Waals surface area contributed by atoms with E-state index in [2.05, 4.69) is 11.6 Å². The second kappa shape index (κ2) is 2.32. The SMILES string of the molecule is N=C(N)N(N)P(=O)(O)O. The Morgan fingerprint density at radius 3 is 2.00 bits per heavy atom. The first-order chi connectivity index (χ1) is 3.85. The van der Waals surface area contributed by atoms with E-state index in [1.807, 2.05) is 0 Å². The maximum atomic E-state index is 10.0. The van der Waals surface area contributed by atoms with E-state index in [0.717, 1.165) is 0 Å². The third-order valence-corrected chi connectivity index (χ3v) is 1.30. The molecular weight excluding hydrogens is 147 g/mol. The van der Waals surface area contributed by atoms with Crippen molar-refractivity contribution in [3.8, 4) is 0 Å². The van der Waals surface area contributed by atoms with Gasteiger partial charge in [0.15, 0.2) is 0 Å². The van der Waals surface area contributed by atoms with Crippen molar-refractivity contribution in [3.63, 3.8) is 0 Å². The molecule has 0 bridgehead atoms. The van der Waals surface area contributed by atoms with Crippen molar-refractivity contribution in [2.75, 3.05) is 0 Å². The molecule has 0 aliphatic heterocycles. The number of nitrogens with one attached hydrogen (secondary N) is 1.